The van der Waals surface area contributed by atoms with Crippen molar-refractivity contribution in [2.24, 2.45) is 0 Å². The largest absolute Gasteiger partial charge is 0.292 e. The molecule has 0 aromatic carbocycles. The van der Waals surface area contributed by atoms with Crippen molar-refractivity contribution >= 4 is 0 Å². The van der Waals surface area contributed by atoms with Crippen LogP contribution in [0.15, 0.2) is 0 Å². The van der Waals surface area contributed by atoms with Gasteiger partial charge in [-0.3, -0.25) is 15.5 Å². The maximum Gasteiger partial charge on any atom is 0.0732 e. The lowest BCUT2D eigenvalue weighted by molar-refractivity contribution is -0.00637. The number of rotatable bonds is 51. The Bertz CT molecular complexity index is 747. The summed E-state index contributed by atoms with van der Waals surface area (Å²) < 4.78 is 0. The number of nitrogens with zero attached hydrogens (tertiary/aromatic N) is 1. The van der Waals surface area contributed by atoms with Crippen molar-refractivity contribution in [2.75, 3.05) is 19.9 Å². The van der Waals surface area contributed by atoms with E-state index in [9.17, 15) is 0 Å². The van der Waals surface area contributed by atoms with E-state index in [1.165, 1.54) is 328 Å². The zero-order valence-electron chi connectivity index (χ0n) is 42.4. The first kappa shape index (κ1) is 57.9. The molecule has 3 nitrogen and oxygen atoms in total. The van der Waals surface area contributed by atoms with Crippen molar-refractivity contribution in [1.29, 1.82) is 0 Å². The van der Waals surface area contributed by atoms with E-state index < -0.39 is 0 Å². The van der Waals surface area contributed by atoms with Gasteiger partial charge in [0.25, 0.3) is 0 Å². The summed E-state index contributed by atoms with van der Waals surface area (Å²) in [6.45, 7) is 10.3. The number of unbranched alkanes of at least 4 members (excludes halogenated alkanes) is 45. The lowest BCUT2D eigenvalue weighted by Crippen LogP contribution is -2.67. The van der Waals surface area contributed by atoms with Crippen LogP contribution in [0, 0.1) is 0 Å². The van der Waals surface area contributed by atoms with Crippen molar-refractivity contribution in [1.82, 2.24) is 15.5 Å². The van der Waals surface area contributed by atoms with E-state index in [0.717, 1.165) is 13.3 Å². The van der Waals surface area contributed by atoms with Crippen LogP contribution in [0.4, 0.5) is 0 Å². The van der Waals surface area contributed by atoms with E-state index in [1.807, 2.05) is 0 Å². The highest BCUT2D eigenvalue weighted by molar-refractivity contribution is 4.90. The molecule has 1 saturated heterocycles. The first-order valence-corrected chi connectivity index (χ1v) is 29.0. The van der Waals surface area contributed by atoms with E-state index in [2.05, 4.69) is 36.3 Å². The zero-order chi connectivity index (χ0) is 43.0. The molecule has 1 aliphatic rings. The van der Waals surface area contributed by atoms with Crippen LogP contribution in [0.1, 0.15) is 342 Å². The van der Waals surface area contributed by atoms with Crippen LogP contribution in [0.3, 0.4) is 0 Å². The topological polar surface area (TPSA) is 27.3 Å². The van der Waals surface area contributed by atoms with Gasteiger partial charge in [0.2, 0.25) is 0 Å². The molecule has 0 aliphatic carbocycles. The smallest absolute Gasteiger partial charge is 0.0732 e. The summed E-state index contributed by atoms with van der Waals surface area (Å²) in [6, 6.07) is 0. The Kier molecular flexibility index (Phi) is 46.6. The van der Waals surface area contributed by atoms with Crippen molar-refractivity contribution in [3.63, 3.8) is 0 Å². The molecule has 0 radical (unpaired) electrons. The van der Waals surface area contributed by atoms with Gasteiger partial charge in [0.05, 0.1) is 12.3 Å². The minimum atomic E-state index is 0.229. The van der Waals surface area contributed by atoms with Crippen LogP contribution in [0.5, 0.6) is 0 Å². The van der Waals surface area contributed by atoms with Crippen LogP contribution < -0.4 is 10.6 Å². The van der Waals surface area contributed by atoms with Crippen molar-refractivity contribution in [3.05, 3.63) is 0 Å². The summed E-state index contributed by atoms with van der Waals surface area (Å²) in [6.07, 6.45) is 72.5. The molecule has 1 aliphatic heterocycles. The molecule has 0 aromatic heterocycles. The lowest BCUT2D eigenvalue weighted by atomic mass is 9.91. The minimum absolute atomic E-state index is 0.229. The first-order valence-electron chi connectivity index (χ1n) is 29.0. The normalized spacial score (nSPS) is 14.4. The summed E-state index contributed by atoms with van der Waals surface area (Å²) in [5.41, 5.74) is 0.229. The SMILES string of the molecule is CCCCCCCCCCCCCCCCCCN1CNCNC1(CCCCCCCCCCCCCCCCCC)CCCCCCCCCCCCCCCCCC. The molecule has 0 amide bonds. The fourth-order valence-corrected chi connectivity index (χ4v) is 10.4. The van der Waals surface area contributed by atoms with Gasteiger partial charge < -0.3 is 0 Å². The average Bonchev–Trinajstić information content (AvgIpc) is 3.26. The monoisotopic (exact) mass is 844 g/mol. The van der Waals surface area contributed by atoms with Gasteiger partial charge in [0.1, 0.15) is 0 Å². The van der Waals surface area contributed by atoms with Crippen LogP contribution in [-0.4, -0.2) is 30.4 Å². The van der Waals surface area contributed by atoms with Crippen LogP contribution in [-0.2, 0) is 0 Å². The molecular formula is C57H117N3. The highest BCUT2D eigenvalue weighted by atomic mass is 15.4. The summed E-state index contributed by atoms with van der Waals surface area (Å²) in [4.78, 5) is 2.87. The van der Waals surface area contributed by atoms with Crippen molar-refractivity contribution in [2.45, 2.75) is 347 Å². The van der Waals surface area contributed by atoms with Gasteiger partial charge in [-0.15, -0.1) is 0 Å². The molecule has 60 heavy (non-hydrogen) atoms. The molecule has 0 bridgehead atoms. The predicted octanol–water partition coefficient (Wildman–Crippen LogP) is 19.7. The summed E-state index contributed by atoms with van der Waals surface area (Å²) >= 11 is 0. The third-order valence-electron chi connectivity index (χ3n) is 14.6. The molecule has 0 spiro atoms. The fraction of sp³-hybridized carbons (Fsp3) is 1.00. The number of nitrogens with one attached hydrogen (secondary N) is 2. The standard InChI is InChI=1S/C57H117N3/c1-4-7-10-13-16-19-22-25-28-31-34-37-40-43-46-49-52-57(53-50-47-44-41-38-35-32-29-26-23-20-17-14-11-8-5-2)59-55-58-56-60(57)54-51-48-45-42-39-36-33-30-27-24-21-18-15-12-9-6-3/h58-59H,4-56H2,1-3H3. The van der Waals surface area contributed by atoms with Crippen LogP contribution in [0.2, 0.25) is 0 Å². The Labute approximate surface area is 381 Å². The van der Waals surface area contributed by atoms with E-state index in [4.69, 9.17) is 0 Å². The van der Waals surface area contributed by atoms with E-state index in [-0.39, 0.29) is 5.66 Å². The molecular weight excluding hydrogens is 727 g/mol. The highest BCUT2D eigenvalue weighted by Crippen LogP contribution is 2.29. The molecule has 2 N–H and O–H groups in total. The second-order valence-electron chi connectivity index (χ2n) is 20.5. The number of hydrogen-bond acceptors (Lipinski definition) is 3. The Morgan fingerprint density at radius 3 is 0.750 bits per heavy atom. The maximum atomic E-state index is 4.11. The second kappa shape index (κ2) is 48.3. The van der Waals surface area contributed by atoms with Crippen molar-refractivity contribution < 1.29 is 0 Å². The summed E-state index contributed by atoms with van der Waals surface area (Å²) in [7, 11) is 0. The van der Waals surface area contributed by atoms with Crippen LogP contribution >= 0.6 is 0 Å². The Morgan fingerprint density at radius 2 is 0.500 bits per heavy atom. The Balaban J connectivity index is 2.30. The molecule has 1 heterocycles. The molecule has 1 fully saturated rings. The number of hydrogen-bond donors (Lipinski definition) is 2. The molecule has 3 heteroatoms. The quantitative estimate of drug-likeness (QED) is 0.0598. The maximum absolute atomic E-state index is 4.11. The third-order valence-corrected chi connectivity index (χ3v) is 14.6. The Hall–Kier alpha value is -0.120. The highest BCUT2D eigenvalue weighted by Gasteiger charge is 2.37. The lowest BCUT2D eigenvalue weighted by Gasteiger charge is -2.49. The molecule has 360 valence electrons. The van der Waals surface area contributed by atoms with Gasteiger partial charge in [0, 0.05) is 13.2 Å². The summed E-state index contributed by atoms with van der Waals surface area (Å²) in [5, 5.41) is 7.83. The summed E-state index contributed by atoms with van der Waals surface area (Å²) in [5.74, 6) is 0. The van der Waals surface area contributed by atoms with Gasteiger partial charge in [-0.2, -0.15) is 0 Å². The molecule has 0 aromatic rings. The molecule has 0 atom stereocenters. The van der Waals surface area contributed by atoms with Crippen molar-refractivity contribution in [3.8, 4) is 0 Å². The van der Waals surface area contributed by atoms with Gasteiger partial charge in [-0.25, -0.2) is 0 Å². The van der Waals surface area contributed by atoms with Crippen LogP contribution in [0.25, 0.3) is 0 Å². The molecule has 0 saturated carbocycles. The van der Waals surface area contributed by atoms with E-state index in [0.29, 0.717) is 0 Å². The first-order chi connectivity index (χ1) is 29.8. The van der Waals surface area contributed by atoms with E-state index >= 15 is 0 Å². The Morgan fingerprint density at radius 1 is 0.283 bits per heavy atom. The average molecular weight is 845 g/mol. The van der Waals surface area contributed by atoms with Gasteiger partial charge >= 0.3 is 0 Å². The molecule has 0 unspecified atom stereocenters. The van der Waals surface area contributed by atoms with Gasteiger partial charge in [0.15, 0.2) is 0 Å². The van der Waals surface area contributed by atoms with E-state index in [1.54, 1.807) is 0 Å². The zero-order valence-corrected chi connectivity index (χ0v) is 42.4. The predicted molar refractivity (Wildman–Crippen MR) is 273 cm³/mol. The van der Waals surface area contributed by atoms with Gasteiger partial charge in [-0.05, 0) is 19.3 Å². The fourth-order valence-electron chi connectivity index (χ4n) is 10.4. The molecule has 1 rings (SSSR count). The second-order valence-corrected chi connectivity index (χ2v) is 20.5. The van der Waals surface area contributed by atoms with Gasteiger partial charge in [-0.1, -0.05) is 323 Å². The minimum Gasteiger partial charge on any atom is -0.292 e. The third kappa shape index (κ3) is 38.3.